The third kappa shape index (κ3) is 1.48. The summed E-state index contributed by atoms with van der Waals surface area (Å²) in [5.74, 6) is 5.20. The van der Waals surface area contributed by atoms with E-state index in [0.29, 0.717) is 5.41 Å². The summed E-state index contributed by atoms with van der Waals surface area (Å²) >= 11 is 0. The minimum atomic E-state index is 0.289. The molecule has 10 heavy (non-hydrogen) atoms. The molecule has 0 aromatic heterocycles. The van der Waals surface area contributed by atoms with Crippen LogP contribution < -0.4 is 11.3 Å². The van der Waals surface area contributed by atoms with Crippen LogP contribution in [0.15, 0.2) is 0 Å². The van der Waals surface area contributed by atoms with Gasteiger partial charge in [-0.15, -0.1) is 0 Å². The molecule has 0 radical (unpaired) electrons. The third-order valence-electron chi connectivity index (χ3n) is 2.24. The Kier molecular flexibility index (Phi) is 2.28. The van der Waals surface area contributed by atoms with Gasteiger partial charge in [-0.05, 0) is 11.8 Å². The van der Waals surface area contributed by atoms with E-state index in [4.69, 9.17) is 10.6 Å². The van der Waals surface area contributed by atoms with Gasteiger partial charge >= 0.3 is 0 Å². The molecule has 1 aliphatic rings. The van der Waals surface area contributed by atoms with Crippen molar-refractivity contribution in [3.63, 3.8) is 0 Å². The third-order valence-corrected chi connectivity index (χ3v) is 2.24. The van der Waals surface area contributed by atoms with Crippen molar-refractivity contribution in [1.29, 1.82) is 0 Å². The highest BCUT2D eigenvalue weighted by molar-refractivity contribution is 4.84. The maximum Gasteiger partial charge on any atom is 0.0764 e. The summed E-state index contributed by atoms with van der Waals surface area (Å²) in [5.41, 5.74) is 2.94. The van der Waals surface area contributed by atoms with Crippen LogP contribution in [0.25, 0.3) is 0 Å². The molecule has 60 valence electrons. The van der Waals surface area contributed by atoms with E-state index in [-0.39, 0.29) is 6.10 Å². The summed E-state index contributed by atoms with van der Waals surface area (Å²) < 4.78 is 5.47. The fourth-order valence-corrected chi connectivity index (χ4v) is 1.29. The lowest BCUT2D eigenvalue weighted by atomic mass is 9.86. The van der Waals surface area contributed by atoms with Crippen molar-refractivity contribution in [1.82, 2.24) is 5.43 Å². The molecule has 3 nitrogen and oxygen atoms in total. The Morgan fingerprint density at radius 1 is 1.70 bits per heavy atom. The number of nitrogens with one attached hydrogen (secondary N) is 1. The van der Waals surface area contributed by atoms with Gasteiger partial charge in [0.05, 0.1) is 6.10 Å². The van der Waals surface area contributed by atoms with Crippen LogP contribution in [-0.2, 0) is 4.74 Å². The number of rotatable bonds is 2. The van der Waals surface area contributed by atoms with Crippen molar-refractivity contribution in [2.45, 2.75) is 26.4 Å². The van der Waals surface area contributed by atoms with Gasteiger partial charge in [-0.25, -0.2) is 0 Å². The lowest BCUT2D eigenvalue weighted by molar-refractivity contribution is 0.0641. The molecular formula is C7H16N2O. The summed E-state index contributed by atoms with van der Waals surface area (Å²) in [6, 6.07) is 0. The standard InChI is InChI=1S/C7H16N2O/c1-7(2)3-4-10-6(7)5-9-8/h6,9H,3-5,8H2,1-2H3. The first-order valence-electron chi connectivity index (χ1n) is 3.72. The zero-order valence-electron chi connectivity index (χ0n) is 6.68. The van der Waals surface area contributed by atoms with Gasteiger partial charge in [-0.1, -0.05) is 13.8 Å². The molecule has 0 aromatic carbocycles. The second-order valence-electron chi connectivity index (χ2n) is 3.51. The number of ether oxygens (including phenoxy) is 1. The number of nitrogens with two attached hydrogens (primary N) is 1. The second-order valence-corrected chi connectivity index (χ2v) is 3.51. The molecule has 0 aromatic rings. The number of hydrazine groups is 1. The van der Waals surface area contributed by atoms with E-state index in [0.717, 1.165) is 19.6 Å². The van der Waals surface area contributed by atoms with Crippen molar-refractivity contribution in [2.75, 3.05) is 13.2 Å². The molecule has 1 rings (SSSR count). The number of hydrogen-bond donors (Lipinski definition) is 2. The summed E-state index contributed by atoms with van der Waals surface area (Å²) in [6.07, 6.45) is 1.43. The fourth-order valence-electron chi connectivity index (χ4n) is 1.29. The van der Waals surface area contributed by atoms with E-state index in [1.54, 1.807) is 0 Å². The molecule has 0 amide bonds. The molecule has 0 spiro atoms. The van der Waals surface area contributed by atoms with Gasteiger partial charge < -0.3 is 4.74 Å². The van der Waals surface area contributed by atoms with Gasteiger partial charge in [0.1, 0.15) is 0 Å². The zero-order chi connectivity index (χ0) is 7.61. The van der Waals surface area contributed by atoms with Crippen molar-refractivity contribution in [3.05, 3.63) is 0 Å². The predicted molar refractivity (Wildman–Crippen MR) is 40.3 cm³/mol. The average Bonchev–Trinajstić information content (AvgIpc) is 2.13. The van der Waals surface area contributed by atoms with E-state index in [2.05, 4.69) is 19.3 Å². The largest absolute Gasteiger partial charge is 0.376 e. The van der Waals surface area contributed by atoms with Crippen LogP contribution in [0.1, 0.15) is 20.3 Å². The molecule has 1 saturated heterocycles. The van der Waals surface area contributed by atoms with Crippen molar-refractivity contribution < 1.29 is 4.74 Å². The molecule has 3 N–H and O–H groups in total. The smallest absolute Gasteiger partial charge is 0.0764 e. The minimum Gasteiger partial charge on any atom is -0.376 e. The first kappa shape index (κ1) is 7.98. The SMILES string of the molecule is CC1(C)CCOC1CNN. The second kappa shape index (κ2) is 2.86. The molecule has 3 heteroatoms. The molecule has 1 heterocycles. The Balaban J connectivity index is 2.43. The molecule has 1 atom stereocenters. The Hall–Kier alpha value is -0.120. The maximum atomic E-state index is 5.47. The van der Waals surface area contributed by atoms with Crippen LogP contribution in [0.4, 0.5) is 0 Å². The number of hydrogen-bond acceptors (Lipinski definition) is 3. The molecule has 0 saturated carbocycles. The van der Waals surface area contributed by atoms with Gasteiger partial charge in [0.15, 0.2) is 0 Å². The Labute approximate surface area is 61.9 Å². The van der Waals surface area contributed by atoms with E-state index in [1.165, 1.54) is 0 Å². The van der Waals surface area contributed by atoms with Crippen LogP contribution >= 0.6 is 0 Å². The highest BCUT2D eigenvalue weighted by atomic mass is 16.5. The summed E-state index contributed by atoms with van der Waals surface area (Å²) in [6.45, 7) is 6.05. The minimum absolute atomic E-state index is 0.289. The van der Waals surface area contributed by atoms with Crippen molar-refractivity contribution >= 4 is 0 Å². The predicted octanol–water partition coefficient (Wildman–Crippen LogP) is 0.265. The van der Waals surface area contributed by atoms with E-state index in [9.17, 15) is 0 Å². The summed E-state index contributed by atoms with van der Waals surface area (Å²) in [7, 11) is 0. The summed E-state index contributed by atoms with van der Waals surface area (Å²) in [5, 5.41) is 0. The van der Waals surface area contributed by atoms with Crippen molar-refractivity contribution in [3.8, 4) is 0 Å². The molecular weight excluding hydrogens is 128 g/mol. The monoisotopic (exact) mass is 144 g/mol. The van der Waals surface area contributed by atoms with Crippen LogP contribution in [-0.4, -0.2) is 19.3 Å². The molecule has 1 unspecified atom stereocenters. The van der Waals surface area contributed by atoms with Crippen LogP contribution in [0.2, 0.25) is 0 Å². The average molecular weight is 144 g/mol. The first-order valence-corrected chi connectivity index (χ1v) is 3.72. The Bertz CT molecular complexity index is 114. The van der Waals surface area contributed by atoms with Crippen LogP contribution in [0.3, 0.4) is 0 Å². The van der Waals surface area contributed by atoms with E-state index in [1.807, 2.05) is 0 Å². The highest BCUT2D eigenvalue weighted by Gasteiger charge is 2.34. The van der Waals surface area contributed by atoms with Gasteiger partial charge in [0.25, 0.3) is 0 Å². The Morgan fingerprint density at radius 2 is 2.40 bits per heavy atom. The van der Waals surface area contributed by atoms with Crippen LogP contribution in [0, 0.1) is 5.41 Å². The Morgan fingerprint density at radius 3 is 2.80 bits per heavy atom. The van der Waals surface area contributed by atoms with Gasteiger partial charge in [-0.2, -0.15) is 0 Å². The highest BCUT2D eigenvalue weighted by Crippen LogP contribution is 2.32. The van der Waals surface area contributed by atoms with E-state index >= 15 is 0 Å². The quantitative estimate of drug-likeness (QED) is 0.432. The molecule has 1 fully saturated rings. The van der Waals surface area contributed by atoms with Crippen LogP contribution in [0.5, 0.6) is 0 Å². The molecule has 1 aliphatic heterocycles. The zero-order valence-corrected chi connectivity index (χ0v) is 6.68. The maximum absolute atomic E-state index is 5.47. The molecule has 0 bridgehead atoms. The van der Waals surface area contributed by atoms with Crippen molar-refractivity contribution in [2.24, 2.45) is 11.3 Å². The summed E-state index contributed by atoms with van der Waals surface area (Å²) in [4.78, 5) is 0. The van der Waals surface area contributed by atoms with E-state index < -0.39 is 0 Å². The van der Waals surface area contributed by atoms with Gasteiger partial charge in [0, 0.05) is 13.2 Å². The lowest BCUT2D eigenvalue weighted by Crippen LogP contribution is -2.38. The molecule has 0 aliphatic carbocycles. The fraction of sp³-hybridized carbons (Fsp3) is 1.00. The normalized spacial score (nSPS) is 30.9. The van der Waals surface area contributed by atoms with Gasteiger partial charge in [0.2, 0.25) is 0 Å². The van der Waals surface area contributed by atoms with Gasteiger partial charge in [-0.3, -0.25) is 11.3 Å². The first-order chi connectivity index (χ1) is 4.67. The lowest BCUT2D eigenvalue weighted by Gasteiger charge is -2.24. The topological polar surface area (TPSA) is 47.3 Å².